The molecule has 0 saturated heterocycles. The summed E-state index contributed by atoms with van der Waals surface area (Å²) in [5, 5.41) is 0. The standard InChI is InChI=1S/C6H6N.Yb/c7-6-4-2-1-3-5-6;/h1-4H,7H2;/q-1;. The molecular weight excluding hydrogens is 259 g/mol. The minimum absolute atomic E-state index is 0. The molecule has 0 saturated carbocycles. The van der Waals surface area contributed by atoms with Crippen molar-refractivity contribution in [2.75, 3.05) is 5.73 Å². The molecule has 1 aromatic rings. The van der Waals surface area contributed by atoms with Gasteiger partial charge >= 0.3 is 0 Å². The summed E-state index contributed by atoms with van der Waals surface area (Å²) in [5.41, 5.74) is 6.00. The van der Waals surface area contributed by atoms with E-state index in [1.165, 1.54) is 0 Å². The summed E-state index contributed by atoms with van der Waals surface area (Å²) in [6.07, 6.45) is 0. The fourth-order valence-electron chi connectivity index (χ4n) is 0.407. The van der Waals surface area contributed by atoms with Crippen molar-refractivity contribution >= 4 is 5.69 Å². The van der Waals surface area contributed by atoms with Crippen LogP contribution in [0.1, 0.15) is 0 Å². The SMILES string of the molecule is Nc1[c-]cccc1.[Yb]. The quantitative estimate of drug-likeness (QED) is 0.551. The molecule has 2 N–H and O–H groups in total. The summed E-state index contributed by atoms with van der Waals surface area (Å²) in [4.78, 5) is 0. The van der Waals surface area contributed by atoms with Crippen molar-refractivity contribution in [1.29, 1.82) is 0 Å². The summed E-state index contributed by atoms with van der Waals surface area (Å²) in [5.74, 6) is 0. The van der Waals surface area contributed by atoms with Crippen molar-refractivity contribution in [3.63, 3.8) is 0 Å². The molecule has 0 aliphatic rings. The van der Waals surface area contributed by atoms with E-state index < -0.39 is 0 Å². The molecule has 0 spiro atoms. The topological polar surface area (TPSA) is 26.0 Å². The van der Waals surface area contributed by atoms with Crippen molar-refractivity contribution in [3.8, 4) is 0 Å². The zero-order valence-corrected chi connectivity index (χ0v) is 5.87. The van der Waals surface area contributed by atoms with Crippen LogP contribution in [0.5, 0.6) is 0 Å². The minimum atomic E-state index is 0. The molecule has 1 nitrogen and oxygen atoms in total. The Labute approximate surface area is 87.5 Å². The minimum Gasteiger partial charge on any atom is -0.420 e. The number of anilines is 1. The maximum absolute atomic E-state index is 5.30. The van der Waals surface area contributed by atoms with E-state index in [2.05, 4.69) is 6.07 Å². The fraction of sp³-hybridized carbons (Fsp3) is 0. The van der Waals surface area contributed by atoms with Gasteiger partial charge in [0.1, 0.15) is 0 Å². The van der Waals surface area contributed by atoms with E-state index in [1.54, 1.807) is 12.1 Å². The Morgan fingerprint density at radius 2 is 2.12 bits per heavy atom. The fourth-order valence-corrected chi connectivity index (χ4v) is 0.407. The van der Waals surface area contributed by atoms with Gasteiger partial charge < -0.3 is 5.73 Å². The second-order valence-corrected chi connectivity index (χ2v) is 1.32. The normalized spacial score (nSPS) is 7.50. The predicted octanol–water partition coefficient (Wildman–Crippen LogP) is 1.07. The maximum atomic E-state index is 5.30. The zero-order valence-electron chi connectivity index (χ0n) is 4.15. The van der Waals surface area contributed by atoms with Crippen molar-refractivity contribution in [2.45, 2.75) is 0 Å². The number of hydrogen-bond donors (Lipinski definition) is 1. The van der Waals surface area contributed by atoms with Gasteiger partial charge in [0.2, 0.25) is 0 Å². The van der Waals surface area contributed by atoms with Crippen LogP contribution in [-0.4, -0.2) is 0 Å². The van der Waals surface area contributed by atoms with Crippen LogP contribution < -0.4 is 5.73 Å². The first-order chi connectivity index (χ1) is 3.39. The number of hydrogen-bond acceptors (Lipinski definition) is 1. The molecule has 0 unspecified atom stereocenters. The molecule has 8 heavy (non-hydrogen) atoms. The number of rotatable bonds is 0. The first kappa shape index (κ1) is 8.54. The van der Waals surface area contributed by atoms with Gasteiger partial charge in [-0.25, -0.2) is 0 Å². The van der Waals surface area contributed by atoms with Crippen molar-refractivity contribution < 1.29 is 46.9 Å². The van der Waals surface area contributed by atoms with Gasteiger partial charge in [0.05, 0.1) is 0 Å². The van der Waals surface area contributed by atoms with E-state index in [0.29, 0.717) is 5.69 Å². The number of nitrogens with two attached hydrogens (primary N) is 1. The van der Waals surface area contributed by atoms with Gasteiger partial charge in [-0.05, 0) is 0 Å². The summed E-state index contributed by atoms with van der Waals surface area (Å²) in [7, 11) is 0. The van der Waals surface area contributed by atoms with Crippen molar-refractivity contribution in [1.82, 2.24) is 0 Å². The average Bonchev–Trinajstić information content (AvgIpc) is 1.69. The van der Waals surface area contributed by atoms with Crippen LogP contribution in [0.2, 0.25) is 0 Å². The van der Waals surface area contributed by atoms with E-state index >= 15 is 0 Å². The molecule has 0 fully saturated rings. The summed E-state index contributed by atoms with van der Waals surface area (Å²) >= 11 is 0. The molecule has 0 atom stereocenters. The van der Waals surface area contributed by atoms with E-state index in [1.807, 2.05) is 12.1 Å². The first-order valence-electron chi connectivity index (χ1n) is 2.12. The number of nitrogen functional groups attached to an aromatic ring is 1. The van der Waals surface area contributed by atoms with Gasteiger partial charge in [0, 0.05) is 46.9 Å². The summed E-state index contributed by atoms with van der Waals surface area (Å²) in [6, 6.07) is 10.2. The molecule has 0 aliphatic carbocycles. The van der Waals surface area contributed by atoms with Crippen LogP contribution in [-0.2, 0) is 0 Å². The van der Waals surface area contributed by atoms with Crippen LogP contribution in [0.4, 0.5) is 5.69 Å². The van der Waals surface area contributed by atoms with Gasteiger partial charge in [-0.3, -0.25) is 0 Å². The predicted molar refractivity (Wildman–Crippen MR) is 29.7 cm³/mol. The van der Waals surface area contributed by atoms with Gasteiger partial charge in [0.15, 0.2) is 0 Å². The van der Waals surface area contributed by atoms with Crippen molar-refractivity contribution in [2.24, 2.45) is 0 Å². The van der Waals surface area contributed by atoms with E-state index in [9.17, 15) is 0 Å². The Bertz CT molecular complexity index is 138. The van der Waals surface area contributed by atoms with Crippen LogP contribution in [0.15, 0.2) is 24.3 Å². The Morgan fingerprint density at radius 1 is 1.38 bits per heavy atom. The molecule has 0 radical (unpaired) electrons. The summed E-state index contributed by atoms with van der Waals surface area (Å²) in [6.45, 7) is 0. The van der Waals surface area contributed by atoms with Crippen LogP contribution in [0.25, 0.3) is 0 Å². The van der Waals surface area contributed by atoms with E-state index in [4.69, 9.17) is 5.73 Å². The van der Waals surface area contributed by atoms with E-state index in [0.717, 1.165) is 0 Å². The van der Waals surface area contributed by atoms with Crippen LogP contribution in [0, 0.1) is 53.0 Å². The maximum Gasteiger partial charge on any atom is 0 e. The van der Waals surface area contributed by atoms with Crippen molar-refractivity contribution in [3.05, 3.63) is 30.3 Å². The number of para-hydroxylation sites is 1. The molecule has 0 aliphatic heterocycles. The molecule has 2 heteroatoms. The first-order valence-corrected chi connectivity index (χ1v) is 2.12. The Morgan fingerprint density at radius 3 is 2.38 bits per heavy atom. The molecule has 0 aromatic heterocycles. The third-order valence-electron chi connectivity index (χ3n) is 0.733. The van der Waals surface area contributed by atoms with Gasteiger partial charge in [0.25, 0.3) is 0 Å². The molecule has 1 rings (SSSR count). The Hall–Kier alpha value is 0.539. The number of benzene rings is 1. The summed E-state index contributed by atoms with van der Waals surface area (Å²) < 4.78 is 0. The van der Waals surface area contributed by atoms with Gasteiger partial charge in [-0.1, -0.05) is 5.69 Å². The third-order valence-corrected chi connectivity index (χ3v) is 0.733. The largest absolute Gasteiger partial charge is 0.420 e. The smallest absolute Gasteiger partial charge is 0 e. The molecular formula is C6H6NYb-. The second kappa shape index (κ2) is 4.42. The zero-order chi connectivity index (χ0) is 5.11. The van der Waals surface area contributed by atoms with Crippen LogP contribution in [0.3, 0.4) is 0 Å². The Kier molecular flexibility index (Phi) is 4.72. The second-order valence-electron chi connectivity index (χ2n) is 1.32. The van der Waals surface area contributed by atoms with Crippen LogP contribution >= 0.6 is 0 Å². The third kappa shape index (κ3) is 2.75. The van der Waals surface area contributed by atoms with Gasteiger partial charge in [-0.15, -0.1) is 6.07 Å². The molecule has 0 heterocycles. The van der Waals surface area contributed by atoms with Gasteiger partial charge in [-0.2, -0.15) is 24.3 Å². The van der Waals surface area contributed by atoms with E-state index in [-0.39, 0.29) is 46.9 Å². The molecule has 0 bridgehead atoms. The Balaban J connectivity index is 0.000000490. The molecule has 50 valence electrons. The monoisotopic (exact) mass is 266 g/mol. The molecule has 0 amide bonds. The molecule has 1 aromatic carbocycles. The average molecular weight is 265 g/mol.